The van der Waals surface area contributed by atoms with Gasteiger partial charge >= 0.3 is 0 Å². The van der Waals surface area contributed by atoms with Gasteiger partial charge in [0.2, 0.25) is 0 Å². The summed E-state index contributed by atoms with van der Waals surface area (Å²) in [5.41, 5.74) is 7.88. The molecule has 186 valence electrons. The standard InChI is InChI=1S/C31H25N5O2/c1-37-27-17-16-20(18-28(27)38-2)29-23(19-35(34-29)21-10-4-3-5-11-21)31-32-24-13-7-6-12-22(24)30-33-25-14-8-9-15-26(25)36(30)31/h3-19,31-32H,1-2H3. The van der Waals surface area contributed by atoms with E-state index in [4.69, 9.17) is 19.6 Å². The van der Waals surface area contributed by atoms with Crippen molar-refractivity contribution in [1.29, 1.82) is 0 Å². The van der Waals surface area contributed by atoms with Crippen LogP contribution in [0.3, 0.4) is 0 Å². The number of para-hydroxylation sites is 4. The average Bonchev–Trinajstić information content (AvgIpc) is 3.60. The van der Waals surface area contributed by atoms with E-state index in [0.29, 0.717) is 11.5 Å². The molecule has 0 bridgehead atoms. The molecule has 7 rings (SSSR count). The topological polar surface area (TPSA) is 66.1 Å². The van der Waals surface area contributed by atoms with Crippen LogP contribution < -0.4 is 14.8 Å². The van der Waals surface area contributed by atoms with Gasteiger partial charge in [-0.3, -0.25) is 4.57 Å². The number of ether oxygens (including phenoxy) is 2. The molecule has 1 aliphatic rings. The maximum Gasteiger partial charge on any atom is 0.161 e. The number of benzene rings is 4. The third-order valence-corrected chi connectivity index (χ3v) is 7.03. The summed E-state index contributed by atoms with van der Waals surface area (Å²) < 4.78 is 15.3. The van der Waals surface area contributed by atoms with Crippen molar-refractivity contribution in [1.82, 2.24) is 19.3 Å². The first-order chi connectivity index (χ1) is 18.7. The molecule has 7 heteroatoms. The van der Waals surface area contributed by atoms with Crippen LogP contribution in [0.25, 0.3) is 39.4 Å². The Hall–Kier alpha value is -5.04. The quantitative estimate of drug-likeness (QED) is 0.292. The monoisotopic (exact) mass is 499 g/mol. The van der Waals surface area contributed by atoms with Crippen molar-refractivity contribution in [3.8, 4) is 39.8 Å². The van der Waals surface area contributed by atoms with Gasteiger partial charge < -0.3 is 14.8 Å². The highest BCUT2D eigenvalue weighted by atomic mass is 16.5. The van der Waals surface area contributed by atoms with Gasteiger partial charge in [-0.05, 0) is 54.6 Å². The molecule has 1 atom stereocenters. The summed E-state index contributed by atoms with van der Waals surface area (Å²) in [5, 5.41) is 8.88. The van der Waals surface area contributed by atoms with Crippen LogP contribution in [0.4, 0.5) is 5.69 Å². The second-order valence-electron chi connectivity index (χ2n) is 9.17. The number of rotatable bonds is 5. The van der Waals surface area contributed by atoms with Gasteiger partial charge in [0, 0.05) is 28.6 Å². The molecule has 0 fully saturated rings. The molecular weight excluding hydrogens is 474 g/mol. The lowest BCUT2D eigenvalue weighted by molar-refractivity contribution is 0.355. The van der Waals surface area contributed by atoms with Gasteiger partial charge in [-0.1, -0.05) is 42.5 Å². The van der Waals surface area contributed by atoms with E-state index in [1.54, 1.807) is 14.2 Å². The molecule has 38 heavy (non-hydrogen) atoms. The van der Waals surface area contributed by atoms with Crippen molar-refractivity contribution in [3.63, 3.8) is 0 Å². The summed E-state index contributed by atoms with van der Waals surface area (Å²) in [6.45, 7) is 0. The van der Waals surface area contributed by atoms with E-state index in [1.807, 2.05) is 59.3 Å². The van der Waals surface area contributed by atoms with E-state index in [-0.39, 0.29) is 6.17 Å². The molecule has 1 N–H and O–H groups in total. The van der Waals surface area contributed by atoms with Gasteiger partial charge in [0.1, 0.15) is 17.7 Å². The summed E-state index contributed by atoms with van der Waals surface area (Å²) >= 11 is 0. The Labute approximate surface area is 219 Å². The summed E-state index contributed by atoms with van der Waals surface area (Å²) in [5.74, 6) is 2.25. The fourth-order valence-corrected chi connectivity index (χ4v) is 5.24. The van der Waals surface area contributed by atoms with Crippen molar-refractivity contribution in [2.75, 3.05) is 19.5 Å². The zero-order valence-corrected chi connectivity index (χ0v) is 21.0. The zero-order chi connectivity index (χ0) is 25.6. The second-order valence-corrected chi connectivity index (χ2v) is 9.17. The Bertz CT molecular complexity index is 1790. The lowest BCUT2D eigenvalue weighted by Crippen LogP contribution is -2.25. The minimum Gasteiger partial charge on any atom is -0.493 e. The zero-order valence-electron chi connectivity index (χ0n) is 21.0. The van der Waals surface area contributed by atoms with E-state index in [0.717, 1.165) is 50.6 Å². The van der Waals surface area contributed by atoms with Crippen LogP contribution in [0.15, 0.2) is 103 Å². The Morgan fingerprint density at radius 2 is 1.55 bits per heavy atom. The predicted octanol–water partition coefficient (Wildman–Crippen LogP) is 6.55. The van der Waals surface area contributed by atoms with E-state index in [1.165, 1.54) is 0 Å². The van der Waals surface area contributed by atoms with Crippen LogP contribution in [-0.4, -0.2) is 33.6 Å². The van der Waals surface area contributed by atoms with Crippen molar-refractivity contribution in [2.24, 2.45) is 0 Å². The second kappa shape index (κ2) is 8.81. The number of methoxy groups -OCH3 is 2. The number of fused-ring (bicyclic) bond motifs is 5. The minimum atomic E-state index is -0.243. The molecule has 4 aromatic carbocycles. The Morgan fingerprint density at radius 3 is 2.39 bits per heavy atom. The van der Waals surface area contributed by atoms with Crippen LogP contribution in [0.2, 0.25) is 0 Å². The third-order valence-electron chi connectivity index (χ3n) is 7.03. The molecule has 0 saturated carbocycles. The van der Waals surface area contributed by atoms with Gasteiger partial charge in [-0.15, -0.1) is 0 Å². The summed E-state index contributed by atoms with van der Waals surface area (Å²) in [6.07, 6.45) is 1.86. The number of nitrogens with zero attached hydrogens (tertiary/aromatic N) is 4. The van der Waals surface area contributed by atoms with Gasteiger partial charge in [-0.25, -0.2) is 9.67 Å². The maximum absolute atomic E-state index is 5.63. The number of aromatic nitrogens is 4. The van der Waals surface area contributed by atoms with Crippen LogP contribution in [-0.2, 0) is 0 Å². The molecule has 3 heterocycles. The highest BCUT2D eigenvalue weighted by molar-refractivity contribution is 5.87. The number of hydrogen-bond donors (Lipinski definition) is 1. The number of anilines is 1. The average molecular weight is 500 g/mol. The molecule has 7 nitrogen and oxygen atoms in total. The van der Waals surface area contributed by atoms with Gasteiger partial charge in [0.15, 0.2) is 11.5 Å². The summed E-state index contributed by atoms with van der Waals surface area (Å²) in [7, 11) is 3.29. The van der Waals surface area contributed by atoms with Crippen molar-refractivity contribution in [3.05, 3.63) is 109 Å². The molecule has 6 aromatic rings. The third kappa shape index (κ3) is 3.43. The van der Waals surface area contributed by atoms with Gasteiger partial charge in [-0.2, -0.15) is 5.10 Å². The molecule has 0 spiro atoms. The molecule has 0 radical (unpaired) electrons. The number of nitrogens with one attached hydrogen (secondary N) is 1. The van der Waals surface area contributed by atoms with Crippen molar-refractivity contribution in [2.45, 2.75) is 6.17 Å². The fraction of sp³-hybridized carbons (Fsp3) is 0.0968. The van der Waals surface area contributed by atoms with Crippen LogP contribution >= 0.6 is 0 Å². The molecule has 0 amide bonds. The summed E-state index contributed by atoms with van der Waals surface area (Å²) in [6, 6.07) is 32.6. The highest BCUT2D eigenvalue weighted by Gasteiger charge is 2.31. The maximum atomic E-state index is 5.63. The van der Waals surface area contributed by atoms with E-state index < -0.39 is 0 Å². The van der Waals surface area contributed by atoms with E-state index >= 15 is 0 Å². The predicted molar refractivity (Wildman–Crippen MR) is 149 cm³/mol. The normalized spacial score (nSPS) is 14.0. The van der Waals surface area contributed by atoms with Crippen LogP contribution in [0.1, 0.15) is 11.7 Å². The molecule has 2 aromatic heterocycles. The Kier molecular flexibility index (Phi) is 5.14. The minimum absolute atomic E-state index is 0.243. The molecule has 1 unspecified atom stereocenters. The van der Waals surface area contributed by atoms with Crippen LogP contribution in [0, 0.1) is 0 Å². The summed E-state index contributed by atoms with van der Waals surface area (Å²) in [4.78, 5) is 5.05. The molecular formula is C31H25N5O2. The van der Waals surface area contributed by atoms with Gasteiger partial charge in [0.05, 0.1) is 30.9 Å². The van der Waals surface area contributed by atoms with Crippen molar-refractivity contribution >= 4 is 16.7 Å². The number of hydrogen-bond acceptors (Lipinski definition) is 5. The molecule has 0 saturated heterocycles. The van der Waals surface area contributed by atoms with E-state index in [2.05, 4.69) is 58.5 Å². The smallest absolute Gasteiger partial charge is 0.161 e. The Balaban J connectivity index is 1.49. The van der Waals surface area contributed by atoms with Gasteiger partial charge in [0.25, 0.3) is 0 Å². The largest absolute Gasteiger partial charge is 0.493 e. The first-order valence-electron chi connectivity index (χ1n) is 12.5. The number of imidazole rings is 1. The first-order valence-corrected chi connectivity index (χ1v) is 12.5. The van der Waals surface area contributed by atoms with Crippen molar-refractivity contribution < 1.29 is 9.47 Å². The van der Waals surface area contributed by atoms with Crippen LogP contribution in [0.5, 0.6) is 11.5 Å². The first kappa shape index (κ1) is 22.2. The SMILES string of the molecule is COc1ccc(-c2nn(-c3ccccc3)cc2C2Nc3ccccc3-c3nc4ccccc4n32)cc1OC. The highest BCUT2D eigenvalue weighted by Crippen LogP contribution is 2.43. The lowest BCUT2D eigenvalue weighted by atomic mass is 10.0. The lowest BCUT2D eigenvalue weighted by Gasteiger charge is -2.30. The molecule has 1 aliphatic heterocycles. The van der Waals surface area contributed by atoms with E-state index in [9.17, 15) is 0 Å². The Morgan fingerprint density at radius 1 is 0.789 bits per heavy atom. The molecule has 0 aliphatic carbocycles. The fourth-order valence-electron chi connectivity index (χ4n) is 5.24.